The van der Waals surface area contributed by atoms with Crippen LogP contribution >= 0.6 is 0 Å². The molecule has 1 N–H and O–H groups in total. The Kier molecular flexibility index (Phi) is 5.92. The highest BCUT2D eigenvalue weighted by molar-refractivity contribution is 5.94. The lowest BCUT2D eigenvalue weighted by Gasteiger charge is -2.33. The minimum Gasteiger partial charge on any atom is -0.359 e. The molecule has 1 aromatic carbocycles. The van der Waals surface area contributed by atoms with E-state index in [-0.39, 0.29) is 35.9 Å². The summed E-state index contributed by atoms with van der Waals surface area (Å²) in [5.41, 5.74) is 0.678. The first kappa shape index (κ1) is 19.6. The Bertz CT molecular complexity index is 854. The molecule has 0 atom stereocenters. The van der Waals surface area contributed by atoms with Crippen molar-refractivity contribution < 1.29 is 18.5 Å². The number of hydrogen-bond donors (Lipinski definition) is 1. The van der Waals surface area contributed by atoms with Crippen molar-refractivity contribution in [1.29, 1.82) is 0 Å². The molecule has 2 aromatic rings. The van der Waals surface area contributed by atoms with Crippen LogP contribution in [0.25, 0.3) is 0 Å². The van der Waals surface area contributed by atoms with Gasteiger partial charge in [0.05, 0.1) is 6.54 Å². The van der Waals surface area contributed by atoms with E-state index in [4.69, 9.17) is 4.52 Å². The fourth-order valence-electron chi connectivity index (χ4n) is 3.83. The van der Waals surface area contributed by atoms with Crippen LogP contribution in [-0.2, 0) is 6.54 Å². The second-order valence-electron chi connectivity index (χ2n) is 8.06. The van der Waals surface area contributed by atoms with E-state index < -0.39 is 0 Å². The van der Waals surface area contributed by atoms with E-state index in [1.54, 1.807) is 11.0 Å². The average molecular weight is 399 g/mol. The van der Waals surface area contributed by atoms with Crippen molar-refractivity contribution >= 4 is 11.8 Å². The normalized spacial score (nSPS) is 17.1. The van der Waals surface area contributed by atoms with Crippen molar-refractivity contribution in [3.8, 4) is 0 Å². The van der Waals surface area contributed by atoms with Crippen molar-refractivity contribution in [2.24, 2.45) is 5.92 Å². The van der Waals surface area contributed by atoms with Crippen LogP contribution in [0.3, 0.4) is 0 Å². The van der Waals surface area contributed by atoms with Gasteiger partial charge in [0, 0.05) is 24.2 Å². The maximum absolute atomic E-state index is 13.3. The molecule has 0 saturated heterocycles. The smallest absolute Gasteiger partial charge is 0.273 e. The third-order valence-electron chi connectivity index (χ3n) is 5.73. The fraction of sp³-hybridized carbons (Fsp3) is 0.500. The minimum absolute atomic E-state index is 0.0959. The predicted molar refractivity (Wildman–Crippen MR) is 105 cm³/mol. The van der Waals surface area contributed by atoms with Crippen LogP contribution in [0.1, 0.15) is 71.6 Å². The second kappa shape index (κ2) is 8.76. The predicted octanol–water partition coefficient (Wildman–Crippen LogP) is 3.93. The van der Waals surface area contributed by atoms with E-state index in [0.717, 1.165) is 38.5 Å². The Morgan fingerprint density at radius 1 is 1.10 bits per heavy atom. The third kappa shape index (κ3) is 5.02. The maximum atomic E-state index is 13.3. The first-order valence-corrected chi connectivity index (χ1v) is 10.4. The largest absolute Gasteiger partial charge is 0.359 e. The summed E-state index contributed by atoms with van der Waals surface area (Å²) < 4.78 is 18.6. The van der Waals surface area contributed by atoms with Crippen molar-refractivity contribution in [1.82, 2.24) is 15.4 Å². The number of nitrogens with zero attached hydrogens (tertiary/aromatic N) is 2. The summed E-state index contributed by atoms with van der Waals surface area (Å²) in [4.78, 5) is 27.1. The lowest BCUT2D eigenvalue weighted by molar-refractivity contribution is 0.0590. The van der Waals surface area contributed by atoms with E-state index in [1.807, 2.05) is 0 Å². The van der Waals surface area contributed by atoms with Crippen LogP contribution in [0.4, 0.5) is 4.39 Å². The standard InChI is InChI=1S/C22H26FN3O3/c23-17-10-8-16(9-11-17)22(28)26(18-4-2-1-3-5-18)14-19-12-20(25-29-19)21(27)24-13-15-6-7-15/h8-12,15,18H,1-7,13-14H2,(H,24,27). The molecule has 6 nitrogen and oxygen atoms in total. The van der Waals surface area contributed by atoms with E-state index in [9.17, 15) is 14.0 Å². The number of amides is 2. The second-order valence-corrected chi connectivity index (χ2v) is 8.06. The molecule has 0 bridgehead atoms. The summed E-state index contributed by atoms with van der Waals surface area (Å²) in [6.45, 7) is 0.905. The molecule has 2 aliphatic carbocycles. The highest BCUT2D eigenvalue weighted by atomic mass is 19.1. The molecule has 7 heteroatoms. The van der Waals surface area contributed by atoms with Gasteiger partial charge in [0.1, 0.15) is 5.82 Å². The first-order valence-electron chi connectivity index (χ1n) is 10.4. The molecule has 0 radical (unpaired) electrons. The molecular weight excluding hydrogens is 373 g/mol. The number of carbonyl (C=O) groups excluding carboxylic acids is 2. The number of aromatic nitrogens is 1. The van der Waals surface area contributed by atoms with Crippen molar-refractivity contribution in [2.45, 2.75) is 57.5 Å². The van der Waals surface area contributed by atoms with Crippen molar-refractivity contribution in [3.05, 3.63) is 53.2 Å². The van der Waals surface area contributed by atoms with Crippen LogP contribution in [0, 0.1) is 11.7 Å². The van der Waals surface area contributed by atoms with Gasteiger partial charge in [-0.3, -0.25) is 9.59 Å². The minimum atomic E-state index is -0.372. The van der Waals surface area contributed by atoms with Gasteiger partial charge in [-0.25, -0.2) is 4.39 Å². The van der Waals surface area contributed by atoms with Gasteiger partial charge in [-0.2, -0.15) is 0 Å². The van der Waals surface area contributed by atoms with Crippen molar-refractivity contribution in [3.63, 3.8) is 0 Å². The Balaban J connectivity index is 1.48. The fourth-order valence-corrected chi connectivity index (χ4v) is 3.83. The van der Waals surface area contributed by atoms with Crippen LogP contribution in [0.2, 0.25) is 0 Å². The highest BCUT2D eigenvalue weighted by Gasteiger charge is 2.28. The van der Waals surface area contributed by atoms with Gasteiger partial charge in [0.25, 0.3) is 11.8 Å². The monoisotopic (exact) mass is 399 g/mol. The summed E-state index contributed by atoms with van der Waals surface area (Å²) >= 11 is 0. The molecule has 1 aromatic heterocycles. The molecule has 29 heavy (non-hydrogen) atoms. The van der Waals surface area contributed by atoms with E-state index in [1.165, 1.54) is 30.7 Å². The van der Waals surface area contributed by atoms with Crippen LogP contribution in [-0.4, -0.2) is 34.5 Å². The summed E-state index contributed by atoms with van der Waals surface area (Å²) in [5.74, 6) is 0.278. The Morgan fingerprint density at radius 2 is 1.83 bits per heavy atom. The summed E-state index contributed by atoms with van der Waals surface area (Å²) in [5, 5.41) is 6.75. The Labute approximate surface area is 169 Å². The molecule has 1 heterocycles. The molecule has 0 unspecified atom stereocenters. The van der Waals surface area contributed by atoms with E-state index >= 15 is 0 Å². The van der Waals surface area contributed by atoms with Crippen LogP contribution < -0.4 is 5.32 Å². The first-order chi connectivity index (χ1) is 14.1. The lowest BCUT2D eigenvalue weighted by Crippen LogP contribution is -2.40. The average Bonchev–Trinajstić information content (AvgIpc) is 3.46. The van der Waals surface area contributed by atoms with Gasteiger partial charge >= 0.3 is 0 Å². The lowest BCUT2D eigenvalue weighted by atomic mass is 9.93. The molecule has 0 spiro atoms. The Hall–Kier alpha value is -2.70. The van der Waals surface area contributed by atoms with E-state index in [0.29, 0.717) is 23.8 Å². The molecule has 154 valence electrons. The highest BCUT2D eigenvalue weighted by Crippen LogP contribution is 2.28. The zero-order valence-corrected chi connectivity index (χ0v) is 16.4. The number of hydrogen-bond acceptors (Lipinski definition) is 4. The van der Waals surface area contributed by atoms with Gasteiger partial charge < -0.3 is 14.7 Å². The summed E-state index contributed by atoms with van der Waals surface area (Å²) in [7, 11) is 0. The van der Waals surface area contributed by atoms with Gasteiger partial charge in [0.15, 0.2) is 11.5 Å². The zero-order chi connectivity index (χ0) is 20.2. The van der Waals surface area contributed by atoms with Crippen LogP contribution in [0.15, 0.2) is 34.9 Å². The SMILES string of the molecule is O=C(NCC1CC1)c1cc(CN(C(=O)c2ccc(F)cc2)C2CCCCC2)on1. The molecule has 4 rings (SSSR count). The molecule has 0 aliphatic heterocycles. The number of halogens is 1. The number of benzene rings is 1. The van der Waals surface area contributed by atoms with Crippen LogP contribution in [0.5, 0.6) is 0 Å². The molecular formula is C22H26FN3O3. The van der Waals surface area contributed by atoms with Gasteiger partial charge in [-0.05, 0) is 55.9 Å². The number of carbonyl (C=O) groups is 2. The topological polar surface area (TPSA) is 75.4 Å². The summed E-state index contributed by atoms with van der Waals surface area (Å²) in [6, 6.07) is 7.30. The number of rotatable bonds is 7. The molecule has 2 saturated carbocycles. The summed E-state index contributed by atoms with van der Waals surface area (Å²) in [6.07, 6.45) is 7.48. The molecule has 2 amide bonds. The van der Waals surface area contributed by atoms with Gasteiger partial charge in [0.2, 0.25) is 0 Å². The van der Waals surface area contributed by atoms with Gasteiger partial charge in [-0.1, -0.05) is 24.4 Å². The maximum Gasteiger partial charge on any atom is 0.273 e. The van der Waals surface area contributed by atoms with E-state index in [2.05, 4.69) is 10.5 Å². The molecule has 2 fully saturated rings. The van der Waals surface area contributed by atoms with Gasteiger partial charge in [-0.15, -0.1) is 0 Å². The Morgan fingerprint density at radius 3 is 2.52 bits per heavy atom. The zero-order valence-electron chi connectivity index (χ0n) is 16.4. The number of nitrogens with one attached hydrogen (secondary N) is 1. The van der Waals surface area contributed by atoms with Crippen molar-refractivity contribution in [2.75, 3.05) is 6.54 Å². The quantitative estimate of drug-likeness (QED) is 0.765. The molecule has 2 aliphatic rings. The third-order valence-corrected chi connectivity index (χ3v) is 5.73.